The molecule has 0 saturated heterocycles. The molecule has 10 heteroatoms. The van der Waals surface area contributed by atoms with Crippen molar-refractivity contribution < 1.29 is 26.8 Å². The van der Waals surface area contributed by atoms with Crippen LogP contribution in [-0.4, -0.2) is 56.1 Å². The lowest BCUT2D eigenvalue weighted by molar-refractivity contribution is -0.140. The van der Waals surface area contributed by atoms with E-state index in [1.54, 1.807) is 6.92 Å². The Morgan fingerprint density at radius 2 is 1.66 bits per heavy atom. The van der Waals surface area contributed by atoms with Gasteiger partial charge in [0, 0.05) is 18.2 Å². The lowest BCUT2D eigenvalue weighted by Crippen LogP contribution is -2.56. The van der Waals surface area contributed by atoms with E-state index in [0.717, 1.165) is 30.0 Å². The van der Waals surface area contributed by atoms with Crippen molar-refractivity contribution in [1.82, 2.24) is 10.2 Å². The number of nitrogens with zero attached hydrogens (tertiary/aromatic N) is 2. The third-order valence-corrected chi connectivity index (χ3v) is 6.38. The van der Waals surface area contributed by atoms with Crippen LogP contribution in [0.2, 0.25) is 0 Å². The molecule has 0 spiro atoms. The molecule has 1 N–H and O–H groups in total. The summed E-state index contributed by atoms with van der Waals surface area (Å²) in [5, 5.41) is 2.88. The zero-order chi connectivity index (χ0) is 26.4. The molecule has 192 valence electrons. The fourth-order valence-electron chi connectivity index (χ4n) is 3.60. The molecule has 0 aliphatic rings. The van der Waals surface area contributed by atoms with Crippen molar-refractivity contribution in [2.75, 3.05) is 23.7 Å². The van der Waals surface area contributed by atoms with Gasteiger partial charge in [0.05, 0.1) is 11.9 Å². The molecule has 2 aromatic rings. The average Bonchev–Trinajstić information content (AvgIpc) is 2.75. The minimum Gasteiger partial charge on any atom is -0.350 e. The van der Waals surface area contributed by atoms with E-state index in [0.29, 0.717) is 17.1 Å². The second-order valence-corrected chi connectivity index (χ2v) is 11.3. The van der Waals surface area contributed by atoms with Crippen molar-refractivity contribution in [3.8, 4) is 0 Å². The first-order valence-electron chi connectivity index (χ1n) is 11.3. The van der Waals surface area contributed by atoms with E-state index in [1.807, 2.05) is 51.1 Å². The van der Waals surface area contributed by atoms with E-state index in [4.69, 9.17) is 0 Å². The number of carbonyl (C=O) groups excluding carboxylic acids is 2. The van der Waals surface area contributed by atoms with Crippen LogP contribution in [0.15, 0.2) is 48.5 Å². The predicted molar refractivity (Wildman–Crippen MR) is 132 cm³/mol. The number of carbonyl (C=O) groups is 2. The molecular formula is C25H33F2N3O4S. The van der Waals surface area contributed by atoms with Gasteiger partial charge in [-0.15, -0.1) is 0 Å². The minimum absolute atomic E-state index is 0.161. The number of benzene rings is 2. The topological polar surface area (TPSA) is 86.8 Å². The molecule has 1 atom stereocenters. The number of sulfonamides is 1. The Morgan fingerprint density at radius 1 is 1.03 bits per heavy atom. The van der Waals surface area contributed by atoms with Gasteiger partial charge in [0.25, 0.3) is 0 Å². The number of rotatable bonds is 10. The quantitative estimate of drug-likeness (QED) is 0.531. The van der Waals surface area contributed by atoms with Gasteiger partial charge >= 0.3 is 0 Å². The van der Waals surface area contributed by atoms with Crippen molar-refractivity contribution in [1.29, 1.82) is 0 Å². The van der Waals surface area contributed by atoms with Crippen molar-refractivity contribution in [3.63, 3.8) is 0 Å². The van der Waals surface area contributed by atoms with Gasteiger partial charge in [0.15, 0.2) is 11.6 Å². The van der Waals surface area contributed by atoms with Crippen LogP contribution in [0.4, 0.5) is 14.5 Å². The summed E-state index contributed by atoms with van der Waals surface area (Å²) in [4.78, 5) is 27.9. The van der Waals surface area contributed by atoms with E-state index in [1.165, 1.54) is 4.90 Å². The third-order valence-electron chi connectivity index (χ3n) is 5.24. The fourth-order valence-corrected chi connectivity index (χ4v) is 4.44. The highest BCUT2D eigenvalue weighted by atomic mass is 32.2. The molecule has 0 fully saturated rings. The van der Waals surface area contributed by atoms with E-state index < -0.39 is 45.7 Å². The summed E-state index contributed by atoms with van der Waals surface area (Å²) in [5.74, 6) is -3.37. The van der Waals surface area contributed by atoms with Crippen LogP contribution in [-0.2, 0) is 26.0 Å². The van der Waals surface area contributed by atoms with E-state index >= 15 is 0 Å². The molecule has 2 amide bonds. The zero-order valence-corrected chi connectivity index (χ0v) is 21.5. The molecule has 2 rings (SSSR count). The van der Waals surface area contributed by atoms with Gasteiger partial charge in [-0.2, -0.15) is 0 Å². The molecule has 0 saturated carbocycles. The first-order valence-corrected chi connectivity index (χ1v) is 13.2. The van der Waals surface area contributed by atoms with Gasteiger partial charge in [0.1, 0.15) is 12.6 Å². The normalized spacial score (nSPS) is 12.7. The molecule has 0 aliphatic heterocycles. The molecule has 7 nitrogen and oxygen atoms in total. The average molecular weight is 510 g/mol. The summed E-state index contributed by atoms with van der Waals surface area (Å²) in [6, 6.07) is 11.1. The van der Waals surface area contributed by atoms with E-state index in [2.05, 4.69) is 5.32 Å². The number of anilines is 1. The van der Waals surface area contributed by atoms with Crippen molar-refractivity contribution in [3.05, 3.63) is 65.7 Å². The molecule has 0 aliphatic carbocycles. The Balaban J connectivity index is 2.40. The van der Waals surface area contributed by atoms with E-state index in [9.17, 15) is 26.8 Å². The van der Waals surface area contributed by atoms with Gasteiger partial charge in [-0.1, -0.05) is 37.3 Å². The van der Waals surface area contributed by atoms with Crippen molar-refractivity contribution in [2.24, 2.45) is 0 Å². The minimum atomic E-state index is -4.03. The van der Waals surface area contributed by atoms with Crippen LogP contribution in [0.1, 0.15) is 39.7 Å². The monoisotopic (exact) mass is 509 g/mol. The van der Waals surface area contributed by atoms with Crippen molar-refractivity contribution >= 4 is 27.5 Å². The maximum absolute atomic E-state index is 13.8. The standard InChI is InChI=1S/C25H33F2N3O4S/c1-6-22(24(32)28-25(2,3)4)29(15-14-18-10-8-7-9-11-18)23(31)17-30(35(5,33)34)19-12-13-20(26)21(27)16-19/h7-13,16,22H,6,14-15,17H2,1-5H3,(H,28,32)/t22-/m1/s1. The Kier molecular flexibility index (Phi) is 9.37. The van der Waals surface area contributed by atoms with Crippen LogP contribution in [0.25, 0.3) is 0 Å². The molecular weight excluding hydrogens is 476 g/mol. The molecule has 0 heterocycles. The number of amides is 2. The van der Waals surface area contributed by atoms with Crippen LogP contribution < -0.4 is 9.62 Å². The van der Waals surface area contributed by atoms with Gasteiger partial charge in [-0.25, -0.2) is 17.2 Å². The SMILES string of the molecule is CC[C@H](C(=O)NC(C)(C)C)N(CCc1ccccc1)C(=O)CN(c1ccc(F)c(F)c1)S(C)(=O)=O. The first-order chi connectivity index (χ1) is 16.2. The first kappa shape index (κ1) is 28.2. The van der Waals surface area contributed by atoms with Gasteiger partial charge in [-0.3, -0.25) is 13.9 Å². The lowest BCUT2D eigenvalue weighted by Gasteiger charge is -2.34. The van der Waals surface area contributed by atoms with Gasteiger partial charge in [-0.05, 0) is 51.3 Å². The van der Waals surface area contributed by atoms with Gasteiger partial charge in [0.2, 0.25) is 21.8 Å². The zero-order valence-electron chi connectivity index (χ0n) is 20.7. The van der Waals surface area contributed by atoms with E-state index in [-0.39, 0.29) is 18.1 Å². The molecule has 35 heavy (non-hydrogen) atoms. The number of nitrogens with one attached hydrogen (secondary N) is 1. The van der Waals surface area contributed by atoms with Crippen LogP contribution >= 0.6 is 0 Å². The van der Waals surface area contributed by atoms with Gasteiger partial charge < -0.3 is 10.2 Å². The highest BCUT2D eigenvalue weighted by Gasteiger charge is 2.32. The molecule has 0 unspecified atom stereocenters. The lowest BCUT2D eigenvalue weighted by atomic mass is 10.1. The highest BCUT2D eigenvalue weighted by molar-refractivity contribution is 7.92. The second kappa shape index (κ2) is 11.6. The number of hydrogen-bond donors (Lipinski definition) is 1. The molecule has 0 radical (unpaired) electrons. The maximum atomic E-state index is 13.8. The Hall–Kier alpha value is -3.01. The second-order valence-electron chi connectivity index (χ2n) is 9.35. The number of halogens is 2. The Morgan fingerprint density at radius 3 is 2.17 bits per heavy atom. The smallest absolute Gasteiger partial charge is 0.244 e. The van der Waals surface area contributed by atoms with Crippen molar-refractivity contribution in [2.45, 2.75) is 52.1 Å². The Labute approximate surface area is 206 Å². The Bertz CT molecular complexity index is 1140. The summed E-state index contributed by atoms with van der Waals surface area (Å²) in [5.41, 5.74) is 0.218. The molecule has 2 aromatic carbocycles. The van der Waals surface area contributed by atoms with Crippen LogP contribution in [0, 0.1) is 11.6 Å². The summed E-state index contributed by atoms with van der Waals surface area (Å²) in [7, 11) is -4.03. The van der Waals surface area contributed by atoms with Crippen LogP contribution in [0.3, 0.4) is 0 Å². The predicted octanol–water partition coefficient (Wildman–Crippen LogP) is 3.50. The molecule has 0 aromatic heterocycles. The summed E-state index contributed by atoms with van der Waals surface area (Å²) < 4.78 is 52.9. The third kappa shape index (κ3) is 8.31. The summed E-state index contributed by atoms with van der Waals surface area (Å²) in [6.45, 7) is 6.72. The maximum Gasteiger partial charge on any atom is 0.244 e. The van der Waals surface area contributed by atoms with Crippen LogP contribution in [0.5, 0.6) is 0 Å². The fraction of sp³-hybridized carbons (Fsp3) is 0.440. The number of hydrogen-bond acceptors (Lipinski definition) is 4. The molecule has 0 bridgehead atoms. The summed E-state index contributed by atoms with van der Waals surface area (Å²) >= 11 is 0. The largest absolute Gasteiger partial charge is 0.350 e. The summed E-state index contributed by atoms with van der Waals surface area (Å²) in [6.07, 6.45) is 1.61. The highest BCUT2D eigenvalue weighted by Crippen LogP contribution is 2.21.